The number of fused-ring (bicyclic) bond motifs is 6. The number of rotatable bonds is 29. The van der Waals surface area contributed by atoms with E-state index < -0.39 is 228 Å². The van der Waals surface area contributed by atoms with Gasteiger partial charge in [-0.15, -0.1) is 11.8 Å². The second kappa shape index (κ2) is 47.1. The zero-order valence-electron chi connectivity index (χ0n) is 74.5. The highest BCUT2D eigenvalue weighted by molar-refractivity contribution is 8.76. The number of nitrogens with zero attached hydrogens (tertiary/aromatic N) is 3. The number of unbranched alkanes of at least 4 members (excludes halogenated alkanes) is 1. The first-order chi connectivity index (χ1) is 62.4. The number of aromatic amines is 1. The van der Waals surface area contributed by atoms with Gasteiger partial charge in [-0.2, -0.15) is 0 Å². The molecule has 131 heavy (non-hydrogen) atoms. The van der Waals surface area contributed by atoms with Crippen LogP contribution in [-0.4, -0.2) is 291 Å². The summed E-state index contributed by atoms with van der Waals surface area (Å²) in [5.41, 5.74) is 6.56. The number of H-pyrrole nitrogens is 1. The lowest BCUT2D eigenvalue weighted by atomic mass is 9.83. The van der Waals surface area contributed by atoms with Gasteiger partial charge in [0.1, 0.15) is 89.6 Å². The number of likely N-dealkylation sites (N-methyl/N-ethyl adjacent to an activating group) is 1. The summed E-state index contributed by atoms with van der Waals surface area (Å²) in [4.78, 5) is 210. The minimum absolute atomic E-state index is 0.0576. The molecule has 19 atom stereocenters. The van der Waals surface area contributed by atoms with Crippen molar-refractivity contribution >= 4 is 144 Å². The molecule has 5 aromatic rings. The van der Waals surface area contributed by atoms with Crippen molar-refractivity contribution in [3.63, 3.8) is 0 Å². The number of aliphatic hydroxyl groups excluding tert-OH is 3. The van der Waals surface area contributed by atoms with Crippen LogP contribution in [0.2, 0.25) is 5.02 Å². The number of likely N-dealkylation sites (tertiary alicyclic amines) is 1. The van der Waals surface area contributed by atoms with Gasteiger partial charge in [0, 0.05) is 100 Å². The van der Waals surface area contributed by atoms with Crippen LogP contribution in [0.3, 0.4) is 0 Å². The molecule has 41 heteroatoms. The number of carbonyl (C=O) groups is 14. The maximum absolute atomic E-state index is 15.4. The van der Waals surface area contributed by atoms with Crippen LogP contribution in [0.15, 0.2) is 127 Å². The third-order valence-corrected chi connectivity index (χ3v) is 27.8. The topological polar surface area (TPSA) is 529 Å². The number of hydrogen-bond donors (Lipinski definition) is 15. The SMILES string of the molecule is COc1cc2cc(c1Cl)N(C)C(=O)C[C@H](OC(=O)[C@H](C)N(C)C(=O)CCSC1CC(=O)N(CC(=O)N[C@H](Cc3ccccc3)C(=O)N[C@H]3CSSC[C@@H](C(=O)N[C@H](CO)[C@@H](C)O)NC(=O)[C@H]([C@@H](C)O)NC(=O)C(CCCCN)NC(=O)[C@@H](Cc4c[nH]c5ccccc45)NC(=O)[C@H](Cc4ccccc4)NC3=O)C1=O)[C@]1(C)O[C@H]1[C@H](C)[C@@H]1C[C@@](O)(NC(=O)O1)[C@H](OC)/C=C/C=C(\C)C2. The largest absolute Gasteiger partial charge is 0.495 e. The Kier molecular flexibility index (Phi) is 36.8. The van der Waals surface area contributed by atoms with Crippen molar-refractivity contribution < 1.29 is 111 Å². The Balaban J connectivity index is 0.853. The average molecular weight is 1890 g/mol. The lowest BCUT2D eigenvalue weighted by molar-refractivity contribution is -0.162. The predicted molar refractivity (Wildman–Crippen MR) is 489 cm³/mol. The van der Waals surface area contributed by atoms with Crippen LogP contribution in [0.4, 0.5) is 10.5 Å². The summed E-state index contributed by atoms with van der Waals surface area (Å²) in [5, 5.41) is 67.3. The molecule has 1 aromatic heterocycles. The summed E-state index contributed by atoms with van der Waals surface area (Å²) in [6.45, 7) is 7.67. The van der Waals surface area contributed by atoms with Gasteiger partial charge >= 0.3 is 12.1 Å². The molecule has 710 valence electrons. The quantitative estimate of drug-likeness (QED) is 0.0107. The number of amides is 13. The van der Waals surface area contributed by atoms with Crippen LogP contribution in [-0.2, 0) is 107 Å². The standard InChI is InChI=1S/C90H117ClN14O23S3/c1-48-22-21-30-70(125-10)90(123)42-68(126-88(122)102-90)49(2)78-89(6,128-78)71(41-74(111)104(8)66-37-55(34-48)38-67(124-9)76(66)91)127-87(121)50(3)103(7)73(110)31-33-129-69-40-75(112)105(86(69)120)44-72(109)94-60(35-53-23-13-11-14-24-53)80(114)99-64-46-130-131-47-65(84(118)98-63(45-106)51(4)107)100-85(119)77(52(5)108)101-79(113)59(29-19-20-32-92)95-82(116)62(39-56-43-93-58-28-18-17-27-57(56)58)97-81(115)61(96-83(64)117)36-54-25-15-12-16-26-54/h11-18,21-28,30,37-38,43,49-52,59-65,68-71,77-78,93,106-108,123H,19-20,29,31-36,39-42,44-47,92H2,1-10H3,(H,94,109)(H,95,116)(H,96,117)(H,97,115)(H,98,118)(H,99,114)(H,100,119)(H,101,113)(H,102,122)/b30-21+,48-22+/t49-,50+,51-,52-,59?,60-,61+,62-,63-,64+,65+,68+,69?,70-,71+,77+,78+,89+,90+/m1/s1. The third kappa shape index (κ3) is 27.1. The number of allylic oxidation sites excluding steroid dienone is 3. The van der Waals surface area contributed by atoms with E-state index in [2.05, 4.69) is 52.8 Å². The minimum atomic E-state index is -1.97. The van der Waals surface area contributed by atoms with E-state index in [0.717, 1.165) is 43.8 Å². The van der Waals surface area contributed by atoms with E-state index in [4.69, 9.17) is 41.0 Å². The van der Waals surface area contributed by atoms with Crippen molar-refractivity contribution in [3.05, 3.63) is 154 Å². The summed E-state index contributed by atoms with van der Waals surface area (Å²) in [6.07, 6.45) is -2.51. The van der Waals surface area contributed by atoms with E-state index in [-0.39, 0.29) is 79.5 Å². The molecular weight excluding hydrogens is 1780 g/mol. The van der Waals surface area contributed by atoms with Crippen molar-refractivity contribution in [2.75, 3.05) is 70.2 Å². The number of nitrogens with two attached hydrogens (primary N) is 1. The number of thioether (sulfide) groups is 1. The lowest BCUT2D eigenvalue weighted by Crippen LogP contribution is -2.63. The van der Waals surface area contributed by atoms with Gasteiger partial charge in [-0.05, 0) is 107 Å². The molecule has 0 radical (unpaired) electrons. The van der Waals surface area contributed by atoms with Crippen LogP contribution >= 0.6 is 45.0 Å². The second-order valence-corrected chi connectivity index (χ2v) is 37.8. The van der Waals surface area contributed by atoms with Gasteiger partial charge in [0.05, 0.1) is 55.4 Å². The Morgan fingerprint density at radius 1 is 0.802 bits per heavy atom. The van der Waals surface area contributed by atoms with Crippen LogP contribution in [0.5, 0.6) is 5.75 Å². The summed E-state index contributed by atoms with van der Waals surface area (Å²) in [7, 11) is 7.44. The number of para-hydroxylation sites is 1. The normalized spacial score (nSPS) is 26.9. The molecule has 0 aliphatic carbocycles. The number of carbonyl (C=O) groups excluding carboxylic acids is 14. The van der Waals surface area contributed by atoms with Gasteiger partial charge < -0.3 is 107 Å². The van der Waals surface area contributed by atoms with Gasteiger partial charge in [-0.3, -0.25) is 67.8 Å². The molecule has 4 saturated heterocycles. The molecule has 5 aliphatic rings. The zero-order chi connectivity index (χ0) is 95.3. The Labute approximate surface area is 775 Å². The maximum Gasteiger partial charge on any atom is 0.409 e. The van der Waals surface area contributed by atoms with Gasteiger partial charge in [0.25, 0.3) is 0 Å². The van der Waals surface area contributed by atoms with Crippen molar-refractivity contribution in [2.24, 2.45) is 11.7 Å². The number of benzene rings is 4. The number of epoxide rings is 1. The van der Waals surface area contributed by atoms with Gasteiger partial charge in [-0.1, -0.05) is 143 Å². The minimum Gasteiger partial charge on any atom is -0.495 e. The van der Waals surface area contributed by atoms with Crippen molar-refractivity contribution in [2.45, 2.75) is 220 Å². The number of hydrogen-bond acceptors (Lipinski definition) is 27. The molecule has 4 aromatic carbocycles. The first-order valence-corrected chi connectivity index (χ1v) is 47.1. The van der Waals surface area contributed by atoms with Crippen LogP contribution in [0.1, 0.15) is 109 Å². The number of halogens is 1. The average Bonchev–Trinajstić information content (AvgIpc) is 1.53. The van der Waals surface area contributed by atoms with E-state index in [1.807, 2.05) is 6.92 Å². The molecule has 10 rings (SSSR count). The van der Waals surface area contributed by atoms with Crippen molar-refractivity contribution in [1.29, 1.82) is 0 Å². The van der Waals surface area contributed by atoms with E-state index in [0.29, 0.717) is 50.9 Å². The van der Waals surface area contributed by atoms with Crippen LogP contribution in [0, 0.1) is 5.92 Å². The number of aliphatic hydroxyl groups is 4. The first-order valence-electron chi connectivity index (χ1n) is 43.1. The molecule has 0 saturated carbocycles. The van der Waals surface area contributed by atoms with E-state index in [9.17, 15) is 68.4 Å². The molecule has 2 unspecified atom stereocenters. The number of ether oxygens (including phenoxy) is 5. The third-order valence-electron chi connectivity index (χ3n) is 23.8. The zero-order valence-corrected chi connectivity index (χ0v) is 77.7. The van der Waals surface area contributed by atoms with Crippen molar-refractivity contribution in [3.8, 4) is 5.75 Å². The van der Waals surface area contributed by atoms with Crippen molar-refractivity contribution in [1.82, 2.24) is 62.6 Å². The Bertz CT molecular complexity index is 5020. The number of alkyl carbamates (subject to hydrolysis) is 1. The Hall–Kier alpha value is -10.7. The van der Waals surface area contributed by atoms with E-state index in [1.165, 1.54) is 54.0 Å². The summed E-state index contributed by atoms with van der Waals surface area (Å²) >= 11 is 7.84. The number of anilines is 1. The highest BCUT2D eigenvalue weighted by Gasteiger charge is 2.65. The first kappa shape index (κ1) is 102. The van der Waals surface area contributed by atoms with E-state index in [1.54, 1.807) is 135 Å². The molecule has 6 heterocycles. The fourth-order valence-electron chi connectivity index (χ4n) is 15.8. The fraction of sp³-hybridized carbons (Fsp3) is 0.511. The summed E-state index contributed by atoms with van der Waals surface area (Å²) < 4.78 is 29.7. The number of esters is 1. The number of nitrogens with one attached hydrogen (secondary N) is 10. The maximum atomic E-state index is 15.4. The number of imide groups is 1. The second-order valence-electron chi connectivity index (χ2n) is 33.5. The fourth-order valence-corrected chi connectivity index (χ4v) is 19.6. The highest BCUT2D eigenvalue weighted by Crippen LogP contribution is 2.50. The molecule has 4 fully saturated rings. The molecular formula is C90H117ClN14O23S3. The Morgan fingerprint density at radius 2 is 1.46 bits per heavy atom. The molecule has 0 spiro atoms. The molecule has 37 nitrogen and oxygen atoms in total. The lowest BCUT2D eigenvalue weighted by Gasteiger charge is -2.42. The predicted octanol–water partition coefficient (Wildman–Crippen LogP) is 2.13. The molecule has 4 bridgehead atoms. The van der Waals surface area contributed by atoms with Gasteiger partial charge in [0.15, 0.2) is 5.72 Å². The molecule has 5 aliphatic heterocycles. The van der Waals surface area contributed by atoms with Crippen LogP contribution < -0.4 is 63.2 Å². The Morgan fingerprint density at radius 3 is 2.13 bits per heavy atom. The number of aromatic nitrogens is 1. The highest BCUT2D eigenvalue weighted by atomic mass is 35.5. The summed E-state index contributed by atoms with van der Waals surface area (Å²) in [5.74, 6) is -12.7. The smallest absolute Gasteiger partial charge is 0.409 e. The monoisotopic (exact) mass is 1890 g/mol. The van der Waals surface area contributed by atoms with Gasteiger partial charge in [0.2, 0.25) is 70.9 Å². The molecule has 13 amide bonds. The summed E-state index contributed by atoms with van der Waals surface area (Å²) in [6, 6.07) is 13.8. The molecule has 16 N–H and O–H groups in total. The van der Waals surface area contributed by atoms with E-state index >= 15 is 19.2 Å². The van der Waals surface area contributed by atoms with Gasteiger partial charge in [-0.25, -0.2) is 9.59 Å². The van der Waals surface area contributed by atoms with Crippen LogP contribution in [0.25, 0.3) is 10.9 Å². The number of methoxy groups -OCH3 is 2.